The Bertz CT molecular complexity index is 736. The van der Waals surface area contributed by atoms with Gasteiger partial charge in [-0.1, -0.05) is 18.6 Å². The van der Waals surface area contributed by atoms with Crippen molar-refractivity contribution in [2.75, 3.05) is 39.4 Å². The molecule has 1 aliphatic carbocycles. The van der Waals surface area contributed by atoms with Crippen LogP contribution in [-0.4, -0.2) is 66.2 Å². The fourth-order valence-electron chi connectivity index (χ4n) is 5.00. The number of morpholine rings is 1. The van der Waals surface area contributed by atoms with Crippen LogP contribution in [0.4, 0.5) is 4.39 Å². The average molecular weight is 376 g/mol. The van der Waals surface area contributed by atoms with Crippen LogP contribution in [0.3, 0.4) is 0 Å². The largest absolute Gasteiger partial charge is 0.481 e. The molecule has 1 amide bonds. The molecule has 1 unspecified atom stereocenters. The minimum absolute atomic E-state index is 0.0109. The van der Waals surface area contributed by atoms with E-state index in [9.17, 15) is 19.1 Å². The van der Waals surface area contributed by atoms with Crippen molar-refractivity contribution in [2.24, 2.45) is 11.3 Å². The highest BCUT2D eigenvalue weighted by Crippen LogP contribution is 2.49. The number of halogens is 1. The van der Waals surface area contributed by atoms with E-state index in [-0.39, 0.29) is 24.2 Å². The first-order valence-electron chi connectivity index (χ1n) is 9.61. The summed E-state index contributed by atoms with van der Waals surface area (Å²) in [6.45, 7) is 2.97. The van der Waals surface area contributed by atoms with Crippen molar-refractivity contribution in [2.45, 2.75) is 25.3 Å². The van der Waals surface area contributed by atoms with Gasteiger partial charge in [0, 0.05) is 26.2 Å². The molecular formula is C20H25FN2O4. The highest BCUT2D eigenvalue weighted by Gasteiger charge is 2.56. The number of hydrogen-bond donors (Lipinski definition) is 1. The van der Waals surface area contributed by atoms with E-state index >= 15 is 0 Å². The molecule has 0 radical (unpaired) electrons. The van der Waals surface area contributed by atoms with Crippen LogP contribution < -0.4 is 0 Å². The van der Waals surface area contributed by atoms with Gasteiger partial charge in [-0.3, -0.25) is 14.5 Å². The second-order valence-electron chi connectivity index (χ2n) is 7.88. The van der Waals surface area contributed by atoms with E-state index < -0.39 is 17.4 Å². The number of carbonyl (C=O) groups is 2. The smallest absolute Gasteiger partial charge is 0.311 e. The first-order valence-corrected chi connectivity index (χ1v) is 9.61. The third-order valence-corrected chi connectivity index (χ3v) is 6.42. The number of ether oxygens (including phenoxy) is 1. The standard InChI is InChI=1S/C20H25FN2O4/c21-16-5-1-3-14(11-16)17(22-7-9-27-10-8-22)18(24)23-12-15-4-2-6-20(15,13-23)19(25)26/h1,3,5,11,15,17H,2,4,6-10,12-13H2,(H,25,26)/t15-,17?,20+/m0/s1. The third-order valence-electron chi connectivity index (χ3n) is 6.42. The number of amides is 1. The summed E-state index contributed by atoms with van der Waals surface area (Å²) in [6.07, 6.45) is 2.37. The topological polar surface area (TPSA) is 70.1 Å². The Balaban J connectivity index is 1.62. The van der Waals surface area contributed by atoms with Gasteiger partial charge >= 0.3 is 5.97 Å². The molecule has 7 heteroatoms. The summed E-state index contributed by atoms with van der Waals surface area (Å²) in [4.78, 5) is 29.1. The minimum Gasteiger partial charge on any atom is -0.481 e. The summed E-state index contributed by atoms with van der Waals surface area (Å²) in [6, 6.07) is 5.55. The van der Waals surface area contributed by atoms with Crippen molar-refractivity contribution >= 4 is 11.9 Å². The zero-order valence-electron chi connectivity index (χ0n) is 15.3. The fraction of sp³-hybridized carbons (Fsp3) is 0.600. The summed E-state index contributed by atoms with van der Waals surface area (Å²) >= 11 is 0. The molecule has 27 heavy (non-hydrogen) atoms. The van der Waals surface area contributed by atoms with Crippen molar-refractivity contribution < 1.29 is 23.8 Å². The molecule has 1 aromatic rings. The van der Waals surface area contributed by atoms with Gasteiger partial charge in [0.1, 0.15) is 11.9 Å². The van der Waals surface area contributed by atoms with Crippen LogP contribution in [0.25, 0.3) is 0 Å². The maximum atomic E-state index is 13.8. The number of fused-ring (bicyclic) bond motifs is 1. The van der Waals surface area contributed by atoms with Crippen LogP contribution in [0.1, 0.15) is 30.9 Å². The summed E-state index contributed by atoms with van der Waals surface area (Å²) in [5.41, 5.74) is -0.198. The first kappa shape index (κ1) is 18.4. The number of carboxylic acid groups (broad SMARTS) is 1. The number of likely N-dealkylation sites (tertiary alicyclic amines) is 1. The van der Waals surface area contributed by atoms with Crippen molar-refractivity contribution in [3.8, 4) is 0 Å². The molecular weight excluding hydrogens is 351 g/mol. The van der Waals surface area contributed by atoms with Crippen molar-refractivity contribution in [1.29, 1.82) is 0 Å². The Hall–Kier alpha value is -1.99. The van der Waals surface area contributed by atoms with Gasteiger partial charge in [-0.25, -0.2) is 4.39 Å². The maximum Gasteiger partial charge on any atom is 0.311 e. The Morgan fingerprint density at radius 2 is 2.07 bits per heavy atom. The Morgan fingerprint density at radius 3 is 2.74 bits per heavy atom. The number of aliphatic carboxylic acids is 1. The monoisotopic (exact) mass is 376 g/mol. The SMILES string of the molecule is O=C(C(c1cccc(F)c1)N1CCOCC1)N1C[C@@H]2CCC[C@@]2(C(=O)O)C1. The van der Waals surface area contributed by atoms with E-state index in [1.54, 1.807) is 17.0 Å². The molecule has 0 aromatic heterocycles. The second-order valence-corrected chi connectivity index (χ2v) is 7.88. The number of nitrogens with zero attached hydrogens (tertiary/aromatic N) is 2. The summed E-state index contributed by atoms with van der Waals surface area (Å²) < 4.78 is 19.2. The van der Waals surface area contributed by atoms with Gasteiger partial charge in [0.25, 0.3) is 0 Å². The minimum atomic E-state index is -0.812. The molecule has 2 aliphatic heterocycles. The van der Waals surface area contributed by atoms with Gasteiger partial charge in [0.05, 0.1) is 18.6 Å². The van der Waals surface area contributed by atoms with Gasteiger partial charge in [-0.15, -0.1) is 0 Å². The molecule has 0 spiro atoms. The van der Waals surface area contributed by atoms with E-state index in [0.717, 1.165) is 12.8 Å². The van der Waals surface area contributed by atoms with Crippen LogP contribution in [0.2, 0.25) is 0 Å². The highest BCUT2D eigenvalue weighted by molar-refractivity contribution is 5.86. The van der Waals surface area contributed by atoms with E-state index in [1.807, 2.05) is 4.90 Å². The lowest BCUT2D eigenvalue weighted by Crippen LogP contribution is -2.47. The molecule has 4 rings (SSSR count). The Labute approximate surface area is 157 Å². The zero-order chi connectivity index (χ0) is 19.0. The molecule has 1 saturated carbocycles. The molecule has 1 N–H and O–H groups in total. The molecule has 0 bridgehead atoms. The van der Waals surface area contributed by atoms with E-state index in [2.05, 4.69) is 0 Å². The molecule has 146 valence electrons. The van der Waals surface area contributed by atoms with E-state index in [4.69, 9.17) is 4.74 Å². The van der Waals surface area contributed by atoms with Gasteiger partial charge in [0.15, 0.2) is 0 Å². The lowest BCUT2D eigenvalue weighted by molar-refractivity contribution is -0.150. The molecule has 1 aromatic carbocycles. The predicted octanol–water partition coefficient (Wildman–Crippen LogP) is 1.91. The maximum absolute atomic E-state index is 13.8. The van der Waals surface area contributed by atoms with Crippen LogP contribution in [-0.2, 0) is 14.3 Å². The van der Waals surface area contributed by atoms with Gasteiger partial charge in [0.2, 0.25) is 5.91 Å². The molecule has 2 saturated heterocycles. The Morgan fingerprint density at radius 1 is 1.30 bits per heavy atom. The summed E-state index contributed by atoms with van der Waals surface area (Å²) in [7, 11) is 0. The third kappa shape index (κ3) is 3.23. The zero-order valence-corrected chi connectivity index (χ0v) is 15.3. The first-order chi connectivity index (χ1) is 13.0. The van der Waals surface area contributed by atoms with Crippen LogP contribution in [0, 0.1) is 17.2 Å². The highest BCUT2D eigenvalue weighted by atomic mass is 19.1. The lowest BCUT2D eigenvalue weighted by atomic mass is 9.81. The molecule has 3 atom stereocenters. The summed E-state index contributed by atoms with van der Waals surface area (Å²) in [5.74, 6) is -1.29. The lowest BCUT2D eigenvalue weighted by Gasteiger charge is -2.36. The quantitative estimate of drug-likeness (QED) is 0.869. The number of carbonyl (C=O) groups excluding carboxylic acids is 1. The second kappa shape index (κ2) is 7.20. The Kier molecular flexibility index (Phi) is 4.90. The van der Waals surface area contributed by atoms with Crippen molar-refractivity contribution in [3.05, 3.63) is 35.6 Å². The van der Waals surface area contributed by atoms with Crippen LogP contribution in [0.15, 0.2) is 24.3 Å². The van der Waals surface area contributed by atoms with E-state index in [0.29, 0.717) is 44.8 Å². The fourth-order valence-corrected chi connectivity index (χ4v) is 5.00. The van der Waals surface area contributed by atoms with E-state index in [1.165, 1.54) is 12.1 Å². The van der Waals surface area contributed by atoms with Crippen LogP contribution >= 0.6 is 0 Å². The predicted molar refractivity (Wildman–Crippen MR) is 95.5 cm³/mol. The number of hydrogen-bond acceptors (Lipinski definition) is 4. The van der Waals surface area contributed by atoms with Gasteiger partial charge < -0.3 is 14.7 Å². The van der Waals surface area contributed by atoms with Crippen molar-refractivity contribution in [1.82, 2.24) is 9.80 Å². The summed E-state index contributed by atoms with van der Waals surface area (Å²) in [5, 5.41) is 9.80. The number of rotatable bonds is 4. The average Bonchev–Trinajstić information content (AvgIpc) is 3.21. The molecule has 3 aliphatic rings. The van der Waals surface area contributed by atoms with Crippen LogP contribution in [0.5, 0.6) is 0 Å². The van der Waals surface area contributed by atoms with Gasteiger partial charge in [-0.05, 0) is 36.5 Å². The molecule has 2 heterocycles. The van der Waals surface area contributed by atoms with Gasteiger partial charge in [-0.2, -0.15) is 0 Å². The molecule has 3 fully saturated rings. The number of benzene rings is 1. The van der Waals surface area contributed by atoms with Crippen molar-refractivity contribution in [3.63, 3.8) is 0 Å². The normalized spacial score (nSPS) is 29.5. The number of carboxylic acids is 1. The molecule has 6 nitrogen and oxygen atoms in total.